The topological polar surface area (TPSA) is 57.7 Å². The number of rotatable bonds is 5. The molecule has 4 rings (SSSR count). The van der Waals surface area contributed by atoms with E-state index >= 15 is 0 Å². The molecular weight excluding hydrogens is 384 g/mol. The predicted octanol–water partition coefficient (Wildman–Crippen LogP) is 3.30. The Kier molecular flexibility index (Phi) is 5.80. The van der Waals surface area contributed by atoms with Gasteiger partial charge >= 0.3 is 0 Å². The summed E-state index contributed by atoms with van der Waals surface area (Å²) < 4.78 is 7.29. The molecule has 0 saturated carbocycles. The number of amides is 1. The largest absolute Gasteiger partial charge is 0.371 e. The van der Waals surface area contributed by atoms with E-state index in [1.54, 1.807) is 7.05 Å². The van der Waals surface area contributed by atoms with Crippen LogP contribution in [-0.4, -0.2) is 56.6 Å². The fraction of sp³-hybridized carbons (Fsp3) is 0.364. The molecule has 1 saturated heterocycles. The zero-order chi connectivity index (χ0) is 20.4. The van der Waals surface area contributed by atoms with Gasteiger partial charge in [-0.3, -0.25) is 9.69 Å². The Labute approximate surface area is 175 Å². The van der Waals surface area contributed by atoms with E-state index in [1.165, 1.54) is 16.9 Å². The number of ether oxygens (including phenoxy) is 1. The van der Waals surface area contributed by atoms with Gasteiger partial charge in [-0.25, -0.2) is 4.98 Å². The third-order valence-electron chi connectivity index (χ3n) is 5.22. The number of aromatic nitrogens is 1. The summed E-state index contributed by atoms with van der Waals surface area (Å²) >= 11 is 1.53. The first-order chi connectivity index (χ1) is 14.1. The molecule has 3 aromatic rings. The van der Waals surface area contributed by atoms with Crippen LogP contribution in [0.2, 0.25) is 0 Å². The second kappa shape index (κ2) is 8.49. The molecular formula is C22H26N4O2S. The van der Waals surface area contributed by atoms with Gasteiger partial charge in [0.2, 0.25) is 0 Å². The second-order valence-corrected chi connectivity index (χ2v) is 8.45. The molecule has 0 radical (unpaired) electrons. The summed E-state index contributed by atoms with van der Waals surface area (Å²) in [5.74, 6) is 0.937. The molecule has 1 amide bonds. The van der Waals surface area contributed by atoms with E-state index < -0.39 is 0 Å². The number of carbonyl (C=O) groups is 1. The van der Waals surface area contributed by atoms with E-state index in [-0.39, 0.29) is 12.0 Å². The Morgan fingerprint density at radius 1 is 1.31 bits per heavy atom. The number of hydrogen-bond donors (Lipinski definition) is 1. The lowest BCUT2D eigenvalue weighted by Gasteiger charge is -2.34. The van der Waals surface area contributed by atoms with Gasteiger partial charge in [0.05, 0.1) is 17.6 Å². The van der Waals surface area contributed by atoms with Crippen LogP contribution in [0.15, 0.2) is 42.6 Å². The molecule has 0 bridgehead atoms. The lowest BCUT2D eigenvalue weighted by molar-refractivity contribution is -0.0322. The van der Waals surface area contributed by atoms with Gasteiger partial charge in [-0.15, -0.1) is 11.3 Å². The molecule has 1 atom stereocenters. The number of anilines is 1. The van der Waals surface area contributed by atoms with Crippen LogP contribution >= 0.6 is 11.3 Å². The molecule has 6 nitrogen and oxygen atoms in total. The summed E-state index contributed by atoms with van der Waals surface area (Å²) in [5, 5.41) is 3.89. The molecule has 0 spiro atoms. The van der Waals surface area contributed by atoms with Crippen LogP contribution in [0.3, 0.4) is 0 Å². The number of carbonyl (C=O) groups excluding carboxylic acids is 1. The normalized spacial score (nSPS) is 17.4. The van der Waals surface area contributed by atoms with Crippen molar-refractivity contribution in [2.75, 3.05) is 45.7 Å². The van der Waals surface area contributed by atoms with Crippen molar-refractivity contribution in [1.29, 1.82) is 0 Å². The molecule has 2 aromatic heterocycles. The van der Waals surface area contributed by atoms with Crippen molar-refractivity contribution in [3.05, 3.63) is 58.6 Å². The number of fused-ring (bicyclic) bond motifs is 1. The van der Waals surface area contributed by atoms with Crippen molar-refractivity contribution in [2.45, 2.75) is 12.6 Å². The highest BCUT2D eigenvalue weighted by molar-refractivity contribution is 7.21. The van der Waals surface area contributed by atoms with Crippen molar-refractivity contribution in [2.24, 2.45) is 0 Å². The monoisotopic (exact) mass is 410 g/mol. The number of morpholine rings is 1. The van der Waals surface area contributed by atoms with Crippen LogP contribution < -0.4 is 10.2 Å². The molecule has 1 unspecified atom stereocenters. The molecule has 7 heteroatoms. The number of nitrogens with one attached hydrogen (secondary N) is 1. The molecule has 1 aromatic carbocycles. The van der Waals surface area contributed by atoms with Crippen LogP contribution in [-0.2, 0) is 11.3 Å². The maximum atomic E-state index is 12.6. The average Bonchev–Trinajstić information content (AvgIpc) is 3.13. The van der Waals surface area contributed by atoms with Gasteiger partial charge in [-0.05, 0) is 17.5 Å². The van der Waals surface area contributed by atoms with Crippen molar-refractivity contribution < 1.29 is 9.53 Å². The van der Waals surface area contributed by atoms with Crippen molar-refractivity contribution in [1.82, 2.24) is 15.2 Å². The highest BCUT2D eigenvalue weighted by Crippen LogP contribution is 2.38. The summed E-state index contributed by atoms with van der Waals surface area (Å²) in [7, 11) is 5.71. The minimum Gasteiger partial charge on any atom is -0.371 e. The van der Waals surface area contributed by atoms with E-state index in [0.717, 1.165) is 46.0 Å². The first-order valence-electron chi connectivity index (χ1n) is 9.77. The standard InChI is InChI=1S/C22H26N4O2S/c1-23-22(27)20-19(16-8-4-5-9-18(16)29-20)17-14-26(11-12-28-17)13-15-7-6-10-24-21(15)25(2)3/h4-10,17H,11-14H2,1-3H3,(H,23,27). The van der Waals surface area contributed by atoms with Gasteiger partial charge in [0, 0.05) is 62.8 Å². The average molecular weight is 411 g/mol. The third kappa shape index (κ3) is 3.99. The highest BCUT2D eigenvalue weighted by atomic mass is 32.1. The molecule has 1 aliphatic rings. The maximum Gasteiger partial charge on any atom is 0.261 e. The van der Waals surface area contributed by atoms with Gasteiger partial charge in [0.1, 0.15) is 5.82 Å². The molecule has 1 fully saturated rings. The highest BCUT2D eigenvalue weighted by Gasteiger charge is 2.29. The van der Waals surface area contributed by atoms with Gasteiger partial charge in [-0.2, -0.15) is 0 Å². The van der Waals surface area contributed by atoms with E-state index in [4.69, 9.17) is 4.74 Å². The Bertz CT molecular complexity index is 1020. The summed E-state index contributed by atoms with van der Waals surface area (Å²) in [6.45, 7) is 3.04. The smallest absolute Gasteiger partial charge is 0.261 e. The van der Waals surface area contributed by atoms with Crippen LogP contribution in [0, 0.1) is 0 Å². The van der Waals surface area contributed by atoms with E-state index in [2.05, 4.69) is 33.4 Å². The van der Waals surface area contributed by atoms with Gasteiger partial charge < -0.3 is 15.0 Å². The summed E-state index contributed by atoms with van der Waals surface area (Å²) in [5.41, 5.74) is 2.20. The van der Waals surface area contributed by atoms with E-state index in [1.807, 2.05) is 43.4 Å². The maximum absolute atomic E-state index is 12.6. The fourth-order valence-electron chi connectivity index (χ4n) is 3.89. The van der Waals surface area contributed by atoms with Crippen molar-refractivity contribution in [3.63, 3.8) is 0 Å². The second-order valence-electron chi connectivity index (χ2n) is 7.40. The number of benzene rings is 1. The Morgan fingerprint density at radius 3 is 2.93 bits per heavy atom. The van der Waals surface area contributed by atoms with E-state index in [0.29, 0.717) is 6.61 Å². The van der Waals surface area contributed by atoms with Crippen LogP contribution in [0.1, 0.15) is 26.9 Å². The Morgan fingerprint density at radius 2 is 2.14 bits per heavy atom. The molecule has 29 heavy (non-hydrogen) atoms. The Balaban J connectivity index is 1.63. The molecule has 0 aliphatic carbocycles. The first kappa shape index (κ1) is 19.8. The number of hydrogen-bond acceptors (Lipinski definition) is 6. The fourth-order valence-corrected chi connectivity index (χ4v) is 5.09. The summed E-state index contributed by atoms with van der Waals surface area (Å²) in [6.07, 6.45) is 1.69. The zero-order valence-electron chi connectivity index (χ0n) is 17.0. The minimum absolute atomic E-state index is 0.0518. The summed E-state index contributed by atoms with van der Waals surface area (Å²) in [6, 6.07) is 12.3. The molecule has 3 heterocycles. The summed E-state index contributed by atoms with van der Waals surface area (Å²) in [4.78, 5) is 22.3. The van der Waals surface area contributed by atoms with Crippen molar-refractivity contribution in [3.8, 4) is 0 Å². The van der Waals surface area contributed by atoms with Crippen molar-refractivity contribution >= 4 is 33.1 Å². The minimum atomic E-state index is -0.133. The Hall–Kier alpha value is -2.48. The predicted molar refractivity (Wildman–Crippen MR) is 118 cm³/mol. The molecule has 1 aliphatic heterocycles. The third-order valence-corrected chi connectivity index (χ3v) is 6.41. The quantitative estimate of drug-likeness (QED) is 0.699. The number of thiophene rings is 1. The number of nitrogens with zero attached hydrogens (tertiary/aromatic N) is 3. The van der Waals surface area contributed by atoms with E-state index in [9.17, 15) is 4.79 Å². The van der Waals surface area contributed by atoms with Gasteiger partial charge in [0.25, 0.3) is 5.91 Å². The first-order valence-corrected chi connectivity index (χ1v) is 10.6. The van der Waals surface area contributed by atoms with Crippen LogP contribution in [0.25, 0.3) is 10.1 Å². The van der Waals surface area contributed by atoms with Crippen LogP contribution in [0.4, 0.5) is 5.82 Å². The van der Waals surface area contributed by atoms with Gasteiger partial charge in [-0.1, -0.05) is 24.3 Å². The molecule has 1 N–H and O–H groups in total. The molecule has 152 valence electrons. The zero-order valence-corrected chi connectivity index (χ0v) is 17.8. The van der Waals surface area contributed by atoms with Gasteiger partial charge in [0.15, 0.2) is 0 Å². The SMILES string of the molecule is CNC(=O)c1sc2ccccc2c1C1CN(Cc2cccnc2N(C)C)CCO1. The number of pyridine rings is 1. The van der Waals surface area contributed by atoms with Crippen LogP contribution in [0.5, 0.6) is 0 Å². The lowest BCUT2D eigenvalue weighted by atomic mass is 10.0. The lowest BCUT2D eigenvalue weighted by Crippen LogP contribution is -2.38.